The molecule has 0 unspecified atom stereocenters. The first kappa shape index (κ1) is 22.2. The number of nitrogens with one attached hydrogen (secondary N) is 2. The number of aromatic nitrogens is 3. The monoisotopic (exact) mass is 447 g/mol. The number of halogens is 2. The van der Waals surface area contributed by atoms with Gasteiger partial charge >= 0.3 is 0 Å². The number of amides is 2. The van der Waals surface area contributed by atoms with Crippen molar-refractivity contribution in [1.82, 2.24) is 20.1 Å². The largest absolute Gasteiger partial charge is 0.497 e. The third-order valence-electron chi connectivity index (χ3n) is 4.22. The van der Waals surface area contributed by atoms with Crippen LogP contribution in [0.3, 0.4) is 0 Å². The molecule has 0 saturated heterocycles. The molecule has 0 bridgehead atoms. The molecule has 2 aromatic carbocycles. The SMILES string of the molecule is COc1ccc(C(=O)NCc2nnc(SCC(=O)Nc3cc(F)ccc3F)n2C)cc1. The number of rotatable bonds is 8. The Hall–Kier alpha value is -3.47. The van der Waals surface area contributed by atoms with Gasteiger partial charge in [0.25, 0.3) is 5.91 Å². The van der Waals surface area contributed by atoms with Gasteiger partial charge in [-0.2, -0.15) is 0 Å². The lowest BCUT2D eigenvalue weighted by Crippen LogP contribution is -2.24. The minimum Gasteiger partial charge on any atom is -0.497 e. The fourth-order valence-corrected chi connectivity index (χ4v) is 3.27. The quantitative estimate of drug-likeness (QED) is 0.516. The van der Waals surface area contributed by atoms with Crippen LogP contribution in [0.25, 0.3) is 0 Å². The number of thioether (sulfide) groups is 1. The molecule has 8 nitrogen and oxygen atoms in total. The lowest BCUT2D eigenvalue weighted by Gasteiger charge is -2.07. The Kier molecular flexibility index (Phi) is 7.19. The van der Waals surface area contributed by atoms with E-state index in [2.05, 4.69) is 20.8 Å². The van der Waals surface area contributed by atoms with Crippen LogP contribution in [0, 0.1) is 11.6 Å². The third kappa shape index (κ3) is 5.79. The molecule has 0 fully saturated rings. The zero-order valence-electron chi connectivity index (χ0n) is 16.7. The summed E-state index contributed by atoms with van der Waals surface area (Å²) >= 11 is 1.07. The number of nitrogens with zero attached hydrogens (tertiary/aromatic N) is 3. The number of benzene rings is 2. The summed E-state index contributed by atoms with van der Waals surface area (Å²) in [7, 11) is 3.24. The Morgan fingerprint density at radius 2 is 1.87 bits per heavy atom. The fraction of sp³-hybridized carbons (Fsp3) is 0.200. The zero-order chi connectivity index (χ0) is 22.4. The molecule has 1 heterocycles. The van der Waals surface area contributed by atoms with Crippen LogP contribution in [0.4, 0.5) is 14.5 Å². The molecule has 0 aliphatic carbocycles. The molecule has 0 spiro atoms. The lowest BCUT2D eigenvalue weighted by molar-refractivity contribution is -0.113. The first-order chi connectivity index (χ1) is 14.9. The smallest absolute Gasteiger partial charge is 0.251 e. The maximum Gasteiger partial charge on any atom is 0.251 e. The van der Waals surface area contributed by atoms with Crippen molar-refractivity contribution in [1.29, 1.82) is 0 Å². The lowest BCUT2D eigenvalue weighted by atomic mass is 10.2. The van der Waals surface area contributed by atoms with Gasteiger partial charge in [0.2, 0.25) is 5.91 Å². The summed E-state index contributed by atoms with van der Waals surface area (Å²) in [4.78, 5) is 24.3. The molecular weight excluding hydrogens is 428 g/mol. The minimum atomic E-state index is -0.728. The molecule has 31 heavy (non-hydrogen) atoms. The summed E-state index contributed by atoms with van der Waals surface area (Å²) in [5.41, 5.74) is 0.240. The Morgan fingerprint density at radius 3 is 2.58 bits per heavy atom. The van der Waals surface area contributed by atoms with Crippen molar-refractivity contribution in [2.75, 3.05) is 18.2 Å². The average Bonchev–Trinajstić information content (AvgIpc) is 3.12. The van der Waals surface area contributed by atoms with Crippen LogP contribution in [-0.2, 0) is 18.4 Å². The van der Waals surface area contributed by atoms with E-state index in [1.807, 2.05) is 0 Å². The van der Waals surface area contributed by atoms with Crippen LogP contribution in [0.2, 0.25) is 0 Å². The Bertz CT molecular complexity index is 1090. The van der Waals surface area contributed by atoms with Crippen molar-refractivity contribution in [3.63, 3.8) is 0 Å². The van der Waals surface area contributed by atoms with Crippen molar-refractivity contribution in [2.24, 2.45) is 7.05 Å². The second-order valence-corrected chi connectivity index (χ2v) is 7.27. The van der Waals surface area contributed by atoms with Crippen LogP contribution in [0.15, 0.2) is 47.6 Å². The highest BCUT2D eigenvalue weighted by Crippen LogP contribution is 2.19. The highest BCUT2D eigenvalue weighted by atomic mass is 32.2. The zero-order valence-corrected chi connectivity index (χ0v) is 17.5. The molecule has 0 aliphatic heterocycles. The summed E-state index contributed by atoms with van der Waals surface area (Å²) in [5.74, 6) is -1.13. The van der Waals surface area contributed by atoms with Crippen LogP contribution < -0.4 is 15.4 Å². The summed E-state index contributed by atoms with van der Waals surface area (Å²) in [5, 5.41) is 13.5. The van der Waals surface area contributed by atoms with Gasteiger partial charge in [-0.1, -0.05) is 11.8 Å². The molecule has 0 atom stereocenters. The van der Waals surface area contributed by atoms with Crippen molar-refractivity contribution in [2.45, 2.75) is 11.7 Å². The maximum absolute atomic E-state index is 13.6. The fourth-order valence-electron chi connectivity index (χ4n) is 2.54. The number of hydrogen-bond acceptors (Lipinski definition) is 6. The second-order valence-electron chi connectivity index (χ2n) is 6.33. The van der Waals surface area contributed by atoms with Gasteiger partial charge in [-0.25, -0.2) is 8.78 Å². The summed E-state index contributed by atoms with van der Waals surface area (Å²) < 4.78 is 33.5. The van der Waals surface area contributed by atoms with E-state index in [0.29, 0.717) is 22.3 Å². The van der Waals surface area contributed by atoms with Gasteiger partial charge in [-0.15, -0.1) is 10.2 Å². The molecule has 0 aliphatic rings. The number of carbonyl (C=O) groups is 2. The number of methoxy groups -OCH3 is 1. The molecule has 3 rings (SSSR count). The molecule has 0 saturated carbocycles. The molecule has 162 valence electrons. The van der Waals surface area contributed by atoms with Crippen LogP contribution >= 0.6 is 11.8 Å². The first-order valence-corrected chi connectivity index (χ1v) is 10.0. The predicted molar refractivity (Wildman–Crippen MR) is 111 cm³/mol. The minimum absolute atomic E-state index is 0.0832. The summed E-state index contributed by atoms with van der Waals surface area (Å²) in [6.07, 6.45) is 0. The van der Waals surface area contributed by atoms with Crippen molar-refractivity contribution >= 4 is 29.3 Å². The van der Waals surface area contributed by atoms with E-state index < -0.39 is 17.5 Å². The molecule has 2 N–H and O–H groups in total. The van der Waals surface area contributed by atoms with Crippen LogP contribution in [0.5, 0.6) is 5.75 Å². The van der Waals surface area contributed by atoms with Crippen molar-refractivity contribution < 1.29 is 23.1 Å². The maximum atomic E-state index is 13.6. The van der Waals surface area contributed by atoms with Crippen LogP contribution in [-0.4, -0.2) is 39.4 Å². The first-order valence-electron chi connectivity index (χ1n) is 9.05. The van der Waals surface area contributed by atoms with Gasteiger partial charge in [0, 0.05) is 18.7 Å². The molecule has 0 radical (unpaired) electrons. The van der Waals surface area contributed by atoms with E-state index in [4.69, 9.17) is 4.74 Å². The van der Waals surface area contributed by atoms with Gasteiger partial charge in [-0.05, 0) is 36.4 Å². The number of anilines is 1. The van der Waals surface area contributed by atoms with Gasteiger partial charge in [0.15, 0.2) is 11.0 Å². The second kappa shape index (κ2) is 10.0. The highest BCUT2D eigenvalue weighted by molar-refractivity contribution is 7.99. The molecule has 1 aromatic heterocycles. The van der Waals surface area contributed by atoms with E-state index in [0.717, 1.165) is 30.0 Å². The average molecular weight is 447 g/mol. The van der Waals surface area contributed by atoms with Crippen molar-refractivity contribution in [3.05, 3.63) is 65.5 Å². The molecule has 2 amide bonds. The van der Waals surface area contributed by atoms with E-state index in [1.54, 1.807) is 43.0 Å². The standard InChI is InChI=1S/C20H19F2N5O3S/c1-27-17(10-23-19(29)12-3-6-14(30-2)7-4-12)25-26-20(27)31-11-18(28)24-16-9-13(21)5-8-15(16)22/h3-9H,10-11H2,1-2H3,(H,23,29)(H,24,28). The van der Waals surface area contributed by atoms with E-state index in [-0.39, 0.29) is 23.9 Å². The number of hydrogen-bond donors (Lipinski definition) is 2. The highest BCUT2D eigenvalue weighted by Gasteiger charge is 2.14. The van der Waals surface area contributed by atoms with Gasteiger partial charge in [-0.3, -0.25) is 9.59 Å². The van der Waals surface area contributed by atoms with E-state index >= 15 is 0 Å². The number of ether oxygens (including phenoxy) is 1. The van der Waals surface area contributed by atoms with Gasteiger partial charge in [0.1, 0.15) is 17.4 Å². The van der Waals surface area contributed by atoms with Gasteiger partial charge < -0.3 is 19.9 Å². The van der Waals surface area contributed by atoms with Gasteiger partial charge in [0.05, 0.1) is 25.1 Å². The Morgan fingerprint density at radius 1 is 1.13 bits per heavy atom. The predicted octanol–water partition coefficient (Wildman–Crippen LogP) is 2.76. The Balaban J connectivity index is 1.52. The molecule has 11 heteroatoms. The molecule has 3 aromatic rings. The topological polar surface area (TPSA) is 98.1 Å². The van der Waals surface area contributed by atoms with E-state index in [9.17, 15) is 18.4 Å². The third-order valence-corrected chi connectivity index (χ3v) is 5.24. The van der Waals surface area contributed by atoms with Crippen molar-refractivity contribution in [3.8, 4) is 5.75 Å². The Labute approximate surface area is 181 Å². The van der Waals surface area contributed by atoms with E-state index in [1.165, 1.54) is 0 Å². The summed E-state index contributed by atoms with van der Waals surface area (Å²) in [6, 6.07) is 9.48. The number of carbonyl (C=O) groups excluding carboxylic acids is 2. The summed E-state index contributed by atoms with van der Waals surface area (Å²) in [6.45, 7) is 0.135. The van der Waals surface area contributed by atoms with Crippen LogP contribution in [0.1, 0.15) is 16.2 Å². The normalized spacial score (nSPS) is 10.6. The molecular formula is C20H19F2N5O3S.